The van der Waals surface area contributed by atoms with Crippen LogP contribution in [-0.4, -0.2) is 36.8 Å². The van der Waals surface area contributed by atoms with Crippen molar-refractivity contribution in [1.82, 2.24) is 5.32 Å². The minimum absolute atomic E-state index is 0.0615. The van der Waals surface area contributed by atoms with E-state index in [-0.39, 0.29) is 34.0 Å². The molecule has 122 valence electrons. The van der Waals surface area contributed by atoms with E-state index in [0.717, 1.165) is 12.1 Å². The lowest BCUT2D eigenvalue weighted by Gasteiger charge is -2.15. The molecule has 2 unspecified atom stereocenters. The molecule has 2 atom stereocenters. The molecule has 0 bridgehead atoms. The van der Waals surface area contributed by atoms with E-state index < -0.39 is 27.5 Å². The van der Waals surface area contributed by atoms with Gasteiger partial charge in [-0.3, -0.25) is 4.79 Å². The zero-order chi connectivity index (χ0) is 16.3. The van der Waals surface area contributed by atoms with Gasteiger partial charge in [-0.1, -0.05) is 6.07 Å². The second-order valence-corrected chi connectivity index (χ2v) is 8.81. The molecule has 1 aliphatic heterocycles. The Labute approximate surface area is 132 Å². The number of hydrogen-bond acceptors (Lipinski definition) is 4. The van der Waals surface area contributed by atoms with Crippen molar-refractivity contribution < 1.29 is 22.0 Å². The van der Waals surface area contributed by atoms with Crippen LogP contribution in [-0.2, 0) is 14.6 Å². The molecule has 22 heavy (non-hydrogen) atoms. The predicted molar refractivity (Wildman–Crippen MR) is 82.4 cm³/mol. The molecule has 1 N–H and O–H groups in total. The molecule has 0 spiro atoms. The number of benzene rings is 1. The number of sulfone groups is 1. The number of nitrogens with one attached hydrogen (secondary N) is 1. The van der Waals surface area contributed by atoms with Gasteiger partial charge >= 0.3 is 0 Å². The Bertz CT molecular complexity index is 664. The van der Waals surface area contributed by atoms with E-state index >= 15 is 0 Å². The average Bonchev–Trinajstić information content (AvgIpc) is 2.76. The van der Waals surface area contributed by atoms with E-state index in [1.165, 1.54) is 17.8 Å². The lowest BCUT2D eigenvalue weighted by Crippen LogP contribution is -2.29. The summed E-state index contributed by atoms with van der Waals surface area (Å²) in [6, 6.07) is 2.63. The number of halogens is 2. The number of thioether (sulfide) groups is 1. The summed E-state index contributed by atoms with van der Waals surface area (Å²) in [5.41, 5.74) is 0.211. The molecule has 1 aromatic carbocycles. The third-order valence-corrected chi connectivity index (χ3v) is 6.73. The van der Waals surface area contributed by atoms with E-state index in [2.05, 4.69) is 5.32 Å². The van der Waals surface area contributed by atoms with Crippen molar-refractivity contribution in [2.75, 3.05) is 17.3 Å². The lowest BCUT2D eigenvalue weighted by atomic mass is 10.1. The van der Waals surface area contributed by atoms with Gasteiger partial charge in [0.1, 0.15) is 11.6 Å². The van der Waals surface area contributed by atoms with Crippen LogP contribution >= 0.6 is 11.8 Å². The summed E-state index contributed by atoms with van der Waals surface area (Å²) in [6.45, 7) is 1.61. The molecule has 1 saturated heterocycles. The molecule has 1 aliphatic rings. The minimum atomic E-state index is -2.96. The van der Waals surface area contributed by atoms with E-state index in [1.807, 2.05) is 0 Å². The average molecular weight is 349 g/mol. The van der Waals surface area contributed by atoms with Gasteiger partial charge in [-0.25, -0.2) is 17.2 Å². The van der Waals surface area contributed by atoms with Crippen molar-refractivity contribution in [1.29, 1.82) is 0 Å². The number of carbonyl (C=O) groups is 1. The molecule has 0 aliphatic carbocycles. The monoisotopic (exact) mass is 349 g/mol. The van der Waals surface area contributed by atoms with Crippen LogP contribution in [0.4, 0.5) is 8.78 Å². The van der Waals surface area contributed by atoms with E-state index in [0.29, 0.717) is 6.42 Å². The summed E-state index contributed by atoms with van der Waals surface area (Å²) in [5.74, 6) is -1.28. The standard InChI is InChI=1S/C14H17F2NO3S2/c1-9(12-3-2-10(15)6-13(12)16)17-14(18)7-21-11-4-5-22(19,20)8-11/h2-3,6,9,11H,4-5,7-8H2,1H3,(H,17,18). The van der Waals surface area contributed by atoms with Crippen LogP contribution in [0, 0.1) is 11.6 Å². The normalized spacial score (nSPS) is 21.5. The molecule has 4 nitrogen and oxygen atoms in total. The highest BCUT2D eigenvalue weighted by molar-refractivity contribution is 8.02. The molecule has 1 amide bonds. The van der Waals surface area contributed by atoms with Crippen molar-refractivity contribution in [2.45, 2.75) is 24.6 Å². The molecule has 8 heteroatoms. The largest absolute Gasteiger partial charge is 0.349 e. The summed E-state index contributed by atoms with van der Waals surface area (Å²) in [7, 11) is -2.96. The van der Waals surface area contributed by atoms with E-state index in [1.54, 1.807) is 6.92 Å². The topological polar surface area (TPSA) is 63.2 Å². The third-order valence-electron chi connectivity index (χ3n) is 3.45. The summed E-state index contributed by atoms with van der Waals surface area (Å²) in [4.78, 5) is 11.8. The molecule has 0 saturated carbocycles. The Morgan fingerprint density at radius 2 is 2.18 bits per heavy atom. The van der Waals surface area contributed by atoms with Crippen molar-refractivity contribution in [2.24, 2.45) is 0 Å². The molecule has 1 fully saturated rings. The molecular weight excluding hydrogens is 332 g/mol. The quantitative estimate of drug-likeness (QED) is 0.884. The molecule has 0 aromatic heterocycles. The Morgan fingerprint density at radius 1 is 1.45 bits per heavy atom. The van der Waals surface area contributed by atoms with Gasteiger partial charge < -0.3 is 5.32 Å². The van der Waals surface area contributed by atoms with Gasteiger partial charge in [0, 0.05) is 16.9 Å². The summed E-state index contributed by atoms with van der Waals surface area (Å²) < 4.78 is 49.1. The predicted octanol–water partition coefficient (Wildman–Crippen LogP) is 2.06. The Kier molecular flexibility index (Phi) is 5.44. The number of carbonyl (C=O) groups excluding carboxylic acids is 1. The van der Waals surface area contributed by atoms with E-state index in [4.69, 9.17) is 0 Å². The minimum Gasteiger partial charge on any atom is -0.349 e. The van der Waals surface area contributed by atoms with Gasteiger partial charge in [0.15, 0.2) is 9.84 Å². The van der Waals surface area contributed by atoms with Gasteiger partial charge in [-0.05, 0) is 19.4 Å². The van der Waals surface area contributed by atoms with Crippen LogP contribution in [0.2, 0.25) is 0 Å². The first kappa shape index (κ1) is 17.2. The van der Waals surface area contributed by atoms with Crippen LogP contribution in [0.25, 0.3) is 0 Å². The van der Waals surface area contributed by atoms with Crippen LogP contribution < -0.4 is 5.32 Å². The van der Waals surface area contributed by atoms with Crippen molar-refractivity contribution >= 4 is 27.5 Å². The second kappa shape index (κ2) is 6.95. The van der Waals surface area contributed by atoms with Crippen molar-refractivity contribution in [3.63, 3.8) is 0 Å². The molecule has 0 radical (unpaired) electrons. The summed E-state index contributed by atoms with van der Waals surface area (Å²) >= 11 is 1.29. The second-order valence-electron chi connectivity index (χ2n) is 5.29. The van der Waals surface area contributed by atoms with Gasteiger partial charge in [-0.15, -0.1) is 11.8 Å². The molecular formula is C14H17F2NO3S2. The first-order chi connectivity index (χ1) is 10.3. The maximum absolute atomic E-state index is 13.6. The first-order valence-electron chi connectivity index (χ1n) is 6.83. The smallest absolute Gasteiger partial charge is 0.230 e. The fourth-order valence-corrected chi connectivity index (χ4v) is 5.75. The van der Waals surface area contributed by atoms with Crippen molar-refractivity contribution in [3.8, 4) is 0 Å². The van der Waals surface area contributed by atoms with Gasteiger partial charge in [-0.2, -0.15) is 0 Å². The van der Waals surface area contributed by atoms with E-state index in [9.17, 15) is 22.0 Å². The number of rotatable bonds is 5. The summed E-state index contributed by atoms with van der Waals surface area (Å²) in [5, 5.41) is 2.57. The number of hydrogen-bond donors (Lipinski definition) is 1. The zero-order valence-corrected chi connectivity index (χ0v) is 13.6. The Balaban J connectivity index is 1.84. The SMILES string of the molecule is CC(NC(=O)CSC1CCS(=O)(=O)C1)c1ccc(F)cc1F. The molecule has 1 aromatic rings. The highest BCUT2D eigenvalue weighted by Gasteiger charge is 2.28. The lowest BCUT2D eigenvalue weighted by molar-refractivity contribution is -0.119. The van der Waals surface area contributed by atoms with Crippen LogP contribution in [0.15, 0.2) is 18.2 Å². The molecule has 2 rings (SSSR count). The fourth-order valence-electron chi connectivity index (χ4n) is 2.30. The van der Waals surface area contributed by atoms with Crippen LogP contribution in [0.1, 0.15) is 24.9 Å². The fraction of sp³-hybridized carbons (Fsp3) is 0.500. The van der Waals surface area contributed by atoms with Gasteiger partial charge in [0.05, 0.1) is 23.3 Å². The molecule has 1 heterocycles. The maximum Gasteiger partial charge on any atom is 0.230 e. The highest BCUT2D eigenvalue weighted by Crippen LogP contribution is 2.24. The highest BCUT2D eigenvalue weighted by atomic mass is 32.2. The van der Waals surface area contributed by atoms with Crippen molar-refractivity contribution in [3.05, 3.63) is 35.4 Å². The van der Waals surface area contributed by atoms with Gasteiger partial charge in [0.25, 0.3) is 0 Å². The Morgan fingerprint density at radius 3 is 2.77 bits per heavy atom. The van der Waals surface area contributed by atoms with Crippen LogP contribution in [0.3, 0.4) is 0 Å². The number of amides is 1. The van der Waals surface area contributed by atoms with Crippen LogP contribution in [0.5, 0.6) is 0 Å². The third kappa shape index (κ3) is 4.67. The van der Waals surface area contributed by atoms with Gasteiger partial charge in [0.2, 0.25) is 5.91 Å². The zero-order valence-electron chi connectivity index (χ0n) is 12.0. The summed E-state index contributed by atoms with van der Waals surface area (Å²) in [6.07, 6.45) is 0.558. The maximum atomic E-state index is 13.6. The first-order valence-corrected chi connectivity index (χ1v) is 9.70. The Hall–Kier alpha value is -1.15.